The van der Waals surface area contributed by atoms with E-state index in [9.17, 15) is 4.79 Å². The molecule has 3 rings (SSSR count). The molecule has 0 aliphatic rings. The lowest BCUT2D eigenvalue weighted by Gasteiger charge is -2.13. The van der Waals surface area contributed by atoms with Crippen LogP contribution in [0.5, 0.6) is 5.75 Å². The van der Waals surface area contributed by atoms with Gasteiger partial charge in [-0.3, -0.25) is 4.79 Å². The Morgan fingerprint density at radius 1 is 1.19 bits per heavy atom. The van der Waals surface area contributed by atoms with Crippen LogP contribution in [0, 0.1) is 0 Å². The molecular weight excluding hydrogens is 346 g/mol. The third-order valence-electron chi connectivity index (χ3n) is 3.87. The molecule has 0 aliphatic carbocycles. The molecule has 5 nitrogen and oxygen atoms in total. The largest absolute Gasteiger partial charge is 0.487 e. The van der Waals surface area contributed by atoms with Gasteiger partial charge in [-0.25, -0.2) is 4.98 Å². The molecule has 2 aromatic carbocycles. The Balaban J connectivity index is 1.56. The number of benzene rings is 2. The maximum absolute atomic E-state index is 12.4. The van der Waals surface area contributed by atoms with Crippen LogP contribution >= 0.6 is 11.3 Å². The number of anilines is 1. The molecule has 0 atom stereocenters. The number of ether oxygens (including phenoxy) is 1. The number of nitrogens with zero attached hydrogens (tertiary/aromatic N) is 2. The third kappa shape index (κ3) is 4.83. The van der Waals surface area contributed by atoms with Crippen LogP contribution in [-0.2, 0) is 13.2 Å². The first-order chi connectivity index (χ1) is 12.6. The van der Waals surface area contributed by atoms with Crippen LogP contribution in [0.25, 0.3) is 0 Å². The highest BCUT2D eigenvalue weighted by Gasteiger charge is 2.07. The molecule has 0 unspecified atom stereocenters. The number of carbonyl (C=O) groups excluding carboxylic acids is 1. The quantitative estimate of drug-likeness (QED) is 0.691. The van der Waals surface area contributed by atoms with Crippen LogP contribution in [-0.4, -0.2) is 25.0 Å². The molecule has 0 fully saturated rings. The van der Waals surface area contributed by atoms with E-state index in [4.69, 9.17) is 4.74 Å². The fraction of sp³-hybridized carbons (Fsp3) is 0.200. The van der Waals surface area contributed by atoms with Gasteiger partial charge in [-0.1, -0.05) is 18.2 Å². The second-order valence-electron chi connectivity index (χ2n) is 6.04. The Labute approximate surface area is 157 Å². The fourth-order valence-electron chi connectivity index (χ4n) is 2.39. The first-order valence-corrected chi connectivity index (χ1v) is 9.20. The number of thiazole rings is 1. The van der Waals surface area contributed by atoms with Crippen LogP contribution in [0.1, 0.15) is 21.6 Å². The fourth-order valence-corrected chi connectivity index (χ4v) is 2.93. The Hall–Kier alpha value is -2.86. The lowest BCUT2D eigenvalue weighted by molar-refractivity contribution is 0.0950. The van der Waals surface area contributed by atoms with Crippen molar-refractivity contribution in [3.05, 3.63) is 76.2 Å². The summed E-state index contributed by atoms with van der Waals surface area (Å²) < 4.78 is 5.70. The van der Waals surface area contributed by atoms with Gasteiger partial charge in [-0.05, 0) is 35.9 Å². The molecule has 1 N–H and O–H groups in total. The third-order valence-corrected chi connectivity index (χ3v) is 4.51. The normalized spacial score (nSPS) is 10.4. The van der Waals surface area contributed by atoms with Gasteiger partial charge in [0.1, 0.15) is 12.4 Å². The number of nitrogens with one attached hydrogen (secondary N) is 1. The summed E-state index contributed by atoms with van der Waals surface area (Å²) in [6.07, 6.45) is 0. The van der Waals surface area contributed by atoms with Crippen molar-refractivity contribution in [2.24, 2.45) is 0 Å². The maximum atomic E-state index is 12.4. The summed E-state index contributed by atoms with van der Waals surface area (Å²) in [5.74, 6) is 0.529. The predicted molar refractivity (Wildman–Crippen MR) is 105 cm³/mol. The van der Waals surface area contributed by atoms with Crippen molar-refractivity contribution in [2.75, 3.05) is 19.0 Å². The number of hydrogen-bond acceptors (Lipinski definition) is 5. The van der Waals surface area contributed by atoms with Crippen molar-refractivity contribution < 1.29 is 9.53 Å². The highest BCUT2D eigenvalue weighted by atomic mass is 32.1. The van der Waals surface area contributed by atoms with Gasteiger partial charge < -0.3 is 15.0 Å². The molecular formula is C20H21N3O2S. The molecule has 0 saturated heterocycles. The van der Waals surface area contributed by atoms with Gasteiger partial charge in [0.2, 0.25) is 0 Å². The van der Waals surface area contributed by atoms with E-state index < -0.39 is 0 Å². The van der Waals surface area contributed by atoms with Crippen molar-refractivity contribution in [2.45, 2.75) is 13.2 Å². The highest BCUT2D eigenvalue weighted by molar-refractivity contribution is 7.07. The monoisotopic (exact) mass is 367 g/mol. The lowest BCUT2D eigenvalue weighted by Crippen LogP contribution is -2.22. The van der Waals surface area contributed by atoms with Gasteiger partial charge in [-0.15, -0.1) is 11.3 Å². The number of amides is 1. The van der Waals surface area contributed by atoms with E-state index in [1.165, 1.54) is 11.3 Å². The van der Waals surface area contributed by atoms with E-state index in [0.29, 0.717) is 24.5 Å². The molecule has 134 valence electrons. The molecule has 0 aliphatic heterocycles. The molecule has 0 saturated carbocycles. The molecule has 0 radical (unpaired) electrons. The topological polar surface area (TPSA) is 54.5 Å². The number of carbonyl (C=O) groups is 1. The van der Waals surface area contributed by atoms with Crippen molar-refractivity contribution in [1.82, 2.24) is 10.3 Å². The Bertz CT molecular complexity index is 846. The van der Waals surface area contributed by atoms with Crippen LogP contribution in [0.2, 0.25) is 0 Å². The summed E-state index contributed by atoms with van der Waals surface area (Å²) in [7, 11) is 4.00. The van der Waals surface area contributed by atoms with Gasteiger partial charge in [-0.2, -0.15) is 0 Å². The van der Waals surface area contributed by atoms with Gasteiger partial charge in [0.15, 0.2) is 0 Å². The molecule has 1 aromatic heterocycles. The molecule has 3 aromatic rings. The zero-order valence-corrected chi connectivity index (χ0v) is 15.6. The van der Waals surface area contributed by atoms with Gasteiger partial charge >= 0.3 is 0 Å². The predicted octanol–water partition coefficient (Wildman–Crippen LogP) is 3.72. The Morgan fingerprint density at radius 3 is 2.69 bits per heavy atom. The van der Waals surface area contributed by atoms with E-state index in [2.05, 4.69) is 10.3 Å². The summed E-state index contributed by atoms with van der Waals surface area (Å²) in [4.78, 5) is 18.6. The van der Waals surface area contributed by atoms with Crippen molar-refractivity contribution in [1.29, 1.82) is 0 Å². The maximum Gasteiger partial charge on any atom is 0.251 e. The number of hydrogen-bond donors (Lipinski definition) is 1. The summed E-state index contributed by atoms with van der Waals surface area (Å²) in [5, 5.41) is 4.88. The van der Waals surface area contributed by atoms with E-state index in [1.54, 1.807) is 17.6 Å². The SMILES string of the molecule is CN(C)c1ccc(CNC(=O)c2cccc(OCc3cscn3)c2)cc1. The van der Waals surface area contributed by atoms with Gasteiger partial charge in [0.25, 0.3) is 5.91 Å². The first kappa shape index (κ1) is 17.9. The lowest BCUT2D eigenvalue weighted by atomic mass is 10.1. The van der Waals surface area contributed by atoms with Crippen LogP contribution in [0.15, 0.2) is 59.4 Å². The van der Waals surface area contributed by atoms with E-state index in [0.717, 1.165) is 16.9 Å². The summed E-state index contributed by atoms with van der Waals surface area (Å²) in [5.41, 5.74) is 5.41. The zero-order chi connectivity index (χ0) is 18.4. The van der Waals surface area contributed by atoms with Crippen LogP contribution < -0.4 is 15.0 Å². The molecule has 6 heteroatoms. The van der Waals surface area contributed by atoms with Crippen molar-refractivity contribution in [3.8, 4) is 5.75 Å². The van der Waals surface area contributed by atoms with Gasteiger partial charge in [0.05, 0.1) is 11.2 Å². The zero-order valence-electron chi connectivity index (χ0n) is 14.8. The minimum atomic E-state index is -0.124. The minimum Gasteiger partial charge on any atom is -0.487 e. The van der Waals surface area contributed by atoms with E-state index in [1.807, 2.05) is 60.8 Å². The second kappa shape index (κ2) is 8.49. The summed E-state index contributed by atoms with van der Waals surface area (Å²) in [6, 6.07) is 15.3. The van der Waals surface area contributed by atoms with Gasteiger partial charge in [0, 0.05) is 37.3 Å². The van der Waals surface area contributed by atoms with E-state index in [-0.39, 0.29) is 5.91 Å². The molecule has 26 heavy (non-hydrogen) atoms. The Morgan fingerprint density at radius 2 is 2.00 bits per heavy atom. The molecule has 1 heterocycles. The number of aromatic nitrogens is 1. The summed E-state index contributed by atoms with van der Waals surface area (Å²) >= 11 is 1.53. The Kier molecular flexibility index (Phi) is 5.86. The highest BCUT2D eigenvalue weighted by Crippen LogP contribution is 2.16. The van der Waals surface area contributed by atoms with Crippen LogP contribution in [0.4, 0.5) is 5.69 Å². The molecule has 0 spiro atoms. The standard InChI is InChI=1S/C20H21N3O2S/c1-23(2)18-8-6-15(7-9-18)11-21-20(24)16-4-3-5-19(10-16)25-12-17-13-26-14-22-17/h3-10,13-14H,11-12H2,1-2H3,(H,21,24). The average molecular weight is 367 g/mol. The van der Waals surface area contributed by atoms with Crippen LogP contribution in [0.3, 0.4) is 0 Å². The summed E-state index contributed by atoms with van der Waals surface area (Å²) in [6.45, 7) is 0.878. The average Bonchev–Trinajstić information content (AvgIpc) is 3.18. The van der Waals surface area contributed by atoms with Crippen molar-refractivity contribution >= 4 is 22.9 Å². The molecule has 0 bridgehead atoms. The second-order valence-corrected chi connectivity index (χ2v) is 6.76. The molecule has 1 amide bonds. The van der Waals surface area contributed by atoms with Crippen molar-refractivity contribution in [3.63, 3.8) is 0 Å². The first-order valence-electron chi connectivity index (χ1n) is 8.26. The minimum absolute atomic E-state index is 0.124. The number of rotatable bonds is 7. The van der Waals surface area contributed by atoms with E-state index >= 15 is 0 Å². The smallest absolute Gasteiger partial charge is 0.251 e.